The Labute approximate surface area is 77.1 Å². The van der Waals surface area contributed by atoms with E-state index in [0.29, 0.717) is 6.42 Å². The molecular weight excluding hydrogens is 153 g/mol. The van der Waals surface area contributed by atoms with E-state index in [-0.39, 0.29) is 35.3 Å². The fourth-order valence-corrected chi connectivity index (χ4v) is 0.894. The molecule has 0 aromatic rings. The van der Waals surface area contributed by atoms with E-state index in [2.05, 4.69) is 10.2 Å². The average molecular weight is 163 g/mol. The zero-order valence-corrected chi connectivity index (χ0v) is 5.44. The summed E-state index contributed by atoms with van der Waals surface area (Å²) in [4.78, 5) is 0. The summed E-state index contributed by atoms with van der Waals surface area (Å²) in [5.41, 5.74) is 0. The van der Waals surface area contributed by atoms with E-state index >= 15 is 0 Å². The minimum absolute atomic E-state index is 0. The zero-order chi connectivity index (χ0) is 6.62. The molecule has 0 rings (SSSR count). The molecule has 2 N–H and O–H groups in total. The van der Waals surface area contributed by atoms with Gasteiger partial charge >= 0.3 is 29.6 Å². The third kappa shape index (κ3) is 6.76. The Morgan fingerprint density at radius 1 is 1.56 bits per heavy atom. The van der Waals surface area contributed by atoms with E-state index in [0.717, 1.165) is 0 Å². The SMILES string of the molecule is CCCS(=O)(=O)ON.[NaH]. The molecule has 0 spiro atoms. The second kappa shape index (κ2) is 5.64. The molecule has 0 saturated heterocycles. The summed E-state index contributed by atoms with van der Waals surface area (Å²) >= 11 is 0. The van der Waals surface area contributed by atoms with Gasteiger partial charge in [-0.15, -0.1) is 0 Å². The first-order valence-electron chi connectivity index (χ1n) is 2.23. The molecule has 9 heavy (non-hydrogen) atoms. The van der Waals surface area contributed by atoms with Crippen molar-refractivity contribution in [2.45, 2.75) is 13.3 Å². The molecule has 0 aliphatic rings. The fourth-order valence-electron chi connectivity index (χ4n) is 0.298. The monoisotopic (exact) mass is 163 g/mol. The van der Waals surface area contributed by atoms with Gasteiger partial charge in [0, 0.05) is 0 Å². The predicted octanol–water partition coefficient (Wildman–Crippen LogP) is -1.03. The molecule has 0 aromatic heterocycles. The third-order valence-electron chi connectivity index (χ3n) is 0.601. The van der Waals surface area contributed by atoms with Crippen molar-refractivity contribution in [1.29, 1.82) is 0 Å². The summed E-state index contributed by atoms with van der Waals surface area (Å²) in [6, 6.07) is 0. The predicted molar refractivity (Wildman–Crippen MR) is 36.5 cm³/mol. The Kier molecular flexibility index (Phi) is 7.86. The first-order valence-corrected chi connectivity index (χ1v) is 3.81. The van der Waals surface area contributed by atoms with Crippen molar-refractivity contribution in [1.82, 2.24) is 0 Å². The molecule has 0 amide bonds. The van der Waals surface area contributed by atoms with Crippen LogP contribution in [0.3, 0.4) is 0 Å². The van der Waals surface area contributed by atoms with Crippen LogP contribution < -0.4 is 5.90 Å². The van der Waals surface area contributed by atoms with Crippen LogP contribution in [-0.4, -0.2) is 43.7 Å². The fraction of sp³-hybridized carbons (Fsp3) is 1.00. The van der Waals surface area contributed by atoms with Gasteiger partial charge in [0.25, 0.3) is 10.1 Å². The summed E-state index contributed by atoms with van der Waals surface area (Å²) in [7, 11) is -3.39. The molecular formula is C3H10NNaO3S. The Hall–Kier alpha value is 0.870. The van der Waals surface area contributed by atoms with E-state index < -0.39 is 10.1 Å². The maximum atomic E-state index is 10.3. The third-order valence-corrected chi connectivity index (χ3v) is 1.80. The summed E-state index contributed by atoms with van der Waals surface area (Å²) in [5, 5.41) is 0. The Bertz CT molecular complexity index is 143. The molecule has 4 nitrogen and oxygen atoms in total. The minimum atomic E-state index is -3.39. The number of hydrogen-bond donors (Lipinski definition) is 1. The average Bonchev–Trinajstić information content (AvgIpc) is 1.67. The van der Waals surface area contributed by atoms with Gasteiger partial charge in [-0.3, -0.25) is 0 Å². The number of nitrogens with two attached hydrogens (primary N) is 1. The summed E-state index contributed by atoms with van der Waals surface area (Å²) in [6.45, 7) is 1.73. The Morgan fingerprint density at radius 2 is 2.00 bits per heavy atom. The topological polar surface area (TPSA) is 69.4 Å². The molecule has 0 radical (unpaired) electrons. The van der Waals surface area contributed by atoms with Crippen LogP contribution in [0.15, 0.2) is 0 Å². The van der Waals surface area contributed by atoms with Gasteiger partial charge in [-0.05, 0) is 6.42 Å². The van der Waals surface area contributed by atoms with Crippen molar-refractivity contribution in [3.05, 3.63) is 0 Å². The van der Waals surface area contributed by atoms with E-state index in [1.165, 1.54) is 0 Å². The van der Waals surface area contributed by atoms with Crippen molar-refractivity contribution in [2.24, 2.45) is 5.90 Å². The van der Waals surface area contributed by atoms with Crippen LogP contribution in [-0.2, 0) is 14.4 Å². The standard InChI is InChI=1S/C3H9NO3S.Na.H/c1-2-3-8(5,6)7-4;;/h2-4H2,1H3;;. The maximum absolute atomic E-state index is 10.3. The van der Waals surface area contributed by atoms with E-state index in [1.807, 2.05) is 0 Å². The molecule has 0 heterocycles. The van der Waals surface area contributed by atoms with Gasteiger partial charge in [0.2, 0.25) is 0 Å². The molecule has 0 saturated carbocycles. The Balaban J connectivity index is 0. The van der Waals surface area contributed by atoms with E-state index in [4.69, 9.17) is 0 Å². The van der Waals surface area contributed by atoms with Crippen molar-refractivity contribution in [2.75, 3.05) is 5.75 Å². The molecule has 0 aliphatic carbocycles. The number of hydrogen-bond acceptors (Lipinski definition) is 4. The molecule has 0 atom stereocenters. The van der Waals surface area contributed by atoms with Crippen LogP contribution in [0.1, 0.15) is 13.3 Å². The van der Waals surface area contributed by atoms with Crippen molar-refractivity contribution in [3.63, 3.8) is 0 Å². The van der Waals surface area contributed by atoms with Crippen molar-refractivity contribution < 1.29 is 12.7 Å². The second-order valence-electron chi connectivity index (χ2n) is 1.36. The number of rotatable bonds is 3. The molecule has 0 aromatic carbocycles. The Morgan fingerprint density at radius 3 is 2.11 bits per heavy atom. The van der Waals surface area contributed by atoms with Gasteiger partial charge in [0.05, 0.1) is 5.75 Å². The van der Waals surface area contributed by atoms with E-state index in [9.17, 15) is 8.42 Å². The van der Waals surface area contributed by atoms with Crippen molar-refractivity contribution in [3.8, 4) is 0 Å². The molecule has 52 valence electrons. The van der Waals surface area contributed by atoms with E-state index in [1.54, 1.807) is 6.92 Å². The van der Waals surface area contributed by atoms with Crippen LogP contribution in [0.2, 0.25) is 0 Å². The van der Waals surface area contributed by atoms with Crippen LogP contribution in [0.5, 0.6) is 0 Å². The molecule has 0 aliphatic heterocycles. The van der Waals surface area contributed by atoms with Crippen LogP contribution in [0.4, 0.5) is 0 Å². The van der Waals surface area contributed by atoms with Gasteiger partial charge in [-0.1, -0.05) is 6.92 Å². The summed E-state index contributed by atoms with van der Waals surface area (Å²) in [5.74, 6) is 4.39. The van der Waals surface area contributed by atoms with Gasteiger partial charge in [0.15, 0.2) is 0 Å². The normalized spacial score (nSPS) is 10.4. The molecule has 6 heteroatoms. The van der Waals surface area contributed by atoms with Gasteiger partial charge in [-0.2, -0.15) is 18.6 Å². The van der Waals surface area contributed by atoms with Crippen molar-refractivity contribution >= 4 is 39.7 Å². The van der Waals surface area contributed by atoms with Gasteiger partial charge in [0.1, 0.15) is 0 Å². The quantitative estimate of drug-likeness (QED) is 0.426. The second-order valence-corrected chi connectivity index (χ2v) is 3.07. The van der Waals surface area contributed by atoms with Gasteiger partial charge < -0.3 is 0 Å². The van der Waals surface area contributed by atoms with Crippen LogP contribution in [0.25, 0.3) is 0 Å². The molecule has 0 unspecified atom stereocenters. The summed E-state index contributed by atoms with van der Waals surface area (Å²) in [6.07, 6.45) is 0.527. The van der Waals surface area contributed by atoms with Crippen LogP contribution in [0, 0.1) is 0 Å². The van der Waals surface area contributed by atoms with Crippen LogP contribution >= 0.6 is 0 Å². The molecule has 0 fully saturated rings. The molecule has 0 bridgehead atoms. The summed E-state index contributed by atoms with van der Waals surface area (Å²) < 4.78 is 24.2. The van der Waals surface area contributed by atoms with Gasteiger partial charge in [-0.25, -0.2) is 0 Å². The zero-order valence-electron chi connectivity index (χ0n) is 4.62. The first-order chi connectivity index (χ1) is 3.62. The first kappa shape index (κ1) is 12.5.